The Bertz CT molecular complexity index is 1020. The number of ether oxygens (including phenoxy) is 1. The fraction of sp³-hybridized carbons (Fsp3) is 0.263. The van der Waals surface area contributed by atoms with Crippen molar-refractivity contribution in [3.05, 3.63) is 65.5 Å². The summed E-state index contributed by atoms with van der Waals surface area (Å²) in [6, 6.07) is 14.7. The zero-order valence-electron chi connectivity index (χ0n) is 15.2. The molecule has 0 aliphatic carbocycles. The van der Waals surface area contributed by atoms with Crippen LogP contribution in [0.4, 0.5) is 0 Å². The van der Waals surface area contributed by atoms with E-state index in [9.17, 15) is 8.42 Å². The predicted octanol–water partition coefficient (Wildman–Crippen LogP) is 2.72. The van der Waals surface area contributed by atoms with Crippen molar-refractivity contribution in [2.24, 2.45) is 0 Å². The maximum absolute atomic E-state index is 12.3. The zero-order chi connectivity index (χ0) is 19.3. The molecule has 8 heteroatoms. The van der Waals surface area contributed by atoms with Gasteiger partial charge < -0.3 is 9.15 Å². The first kappa shape index (κ1) is 19.1. The lowest BCUT2D eigenvalue weighted by molar-refractivity contribution is 0.413. The van der Waals surface area contributed by atoms with Gasteiger partial charge in [0, 0.05) is 13.0 Å². The lowest BCUT2D eigenvalue weighted by atomic mass is 10.1. The van der Waals surface area contributed by atoms with E-state index in [1.54, 1.807) is 13.2 Å². The number of aromatic nitrogens is 2. The lowest BCUT2D eigenvalue weighted by Crippen LogP contribution is -2.27. The molecule has 0 aliphatic heterocycles. The van der Waals surface area contributed by atoms with Crippen molar-refractivity contribution in [1.29, 1.82) is 0 Å². The quantitative estimate of drug-likeness (QED) is 0.639. The molecule has 0 amide bonds. The van der Waals surface area contributed by atoms with Crippen molar-refractivity contribution in [3.8, 4) is 17.2 Å². The van der Waals surface area contributed by atoms with E-state index in [1.165, 1.54) is 0 Å². The smallest absolute Gasteiger partial charge is 0.251 e. The summed E-state index contributed by atoms with van der Waals surface area (Å²) in [7, 11) is -1.87. The molecule has 0 atom stereocenters. The minimum atomic E-state index is -3.44. The second kappa shape index (κ2) is 8.32. The van der Waals surface area contributed by atoms with Gasteiger partial charge in [0.05, 0.1) is 18.4 Å². The Morgan fingerprint density at radius 3 is 2.59 bits per heavy atom. The van der Waals surface area contributed by atoms with Crippen LogP contribution in [0.3, 0.4) is 0 Å². The van der Waals surface area contributed by atoms with E-state index in [1.807, 2.05) is 49.4 Å². The van der Waals surface area contributed by atoms with Crippen LogP contribution >= 0.6 is 0 Å². The standard InChI is InChI=1S/C19H21N3O4S/c1-14-7-3-4-8-15(14)13-27(23,24)20-12-11-18-21-22-19(26-18)16-9-5-6-10-17(16)25-2/h3-10,20H,11-13H2,1-2H3. The summed E-state index contributed by atoms with van der Waals surface area (Å²) in [6.07, 6.45) is 0.301. The second-order valence-electron chi connectivity index (χ2n) is 6.03. The van der Waals surface area contributed by atoms with Crippen molar-refractivity contribution >= 4 is 10.0 Å². The van der Waals surface area contributed by atoms with Crippen LogP contribution in [0.25, 0.3) is 11.5 Å². The largest absolute Gasteiger partial charge is 0.496 e. The average Bonchev–Trinajstić information content (AvgIpc) is 3.12. The summed E-state index contributed by atoms with van der Waals surface area (Å²) >= 11 is 0. The first-order valence-electron chi connectivity index (χ1n) is 8.46. The average molecular weight is 387 g/mol. The van der Waals surface area contributed by atoms with Gasteiger partial charge in [-0.1, -0.05) is 36.4 Å². The predicted molar refractivity (Wildman–Crippen MR) is 102 cm³/mol. The van der Waals surface area contributed by atoms with Gasteiger partial charge in [-0.2, -0.15) is 0 Å². The van der Waals surface area contributed by atoms with E-state index < -0.39 is 10.0 Å². The number of aryl methyl sites for hydroxylation is 1. The molecule has 1 heterocycles. The summed E-state index contributed by atoms with van der Waals surface area (Å²) in [4.78, 5) is 0. The van der Waals surface area contributed by atoms with Gasteiger partial charge in [0.15, 0.2) is 0 Å². The first-order chi connectivity index (χ1) is 13.0. The van der Waals surface area contributed by atoms with Gasteiger partial charge in [-0.05, 0) is 30.2 Å². The molecule has 142 valence electrons. The van der Waals surface area contributed by atoms with Crippen LogP contribution in [-0.4, -0.2) is 32.3 Å². The Hall–Kier alpha value is -2.71. The van der Waals surface area contributed by atoms with Gasteiger partial charge in [0.1, 0.15) is 5.75 Å². The summed E-state index contributed by atoms with van der Waals surface area (Å²) in [5, 5.41) is 7.99. The van der Waals surface area contributed by atoms with E-state index in [2.05, 4.69) is 14.9 Å². The first-order valence-corrected chi connectivity index (χ1v) is 10.1. The normalized spacial score (nSPS) is 11.5. The Balaban J connectivity index is 1.60. The Morgan fingerprint density at radius 2 is 1.81 bits per heavy atom. The van der Waals surface area contributed by atoms with E-state index in [-0.39, 0.29) is 12.3 Å². The van der Waals surface area contributed by atoms with Crippen molar-refractivity contribution in [3.63, 3.8) is 0 Å². The molecule has 0 radical (unpaired) electrons. The molecule has 0 spiro atoms. The monoisotopic (exact) mass is 387 g/mol. The molecule has 0 bridgehead atoms. The number of rotatable bonds is 8. The van der Waals surface area contributed by atoms with Crippen molar-refractivity contribution in [2.45, 2.75) is 19.1 Å². The number of hydrogen-bond donors (Lipinski definition) is 1. The molecule has 0 fully saturated rings. The van der Waals surface area contributed by atoms with Gasteiger partial charge in [0.2, 0.25) is 15.9 Å². The number of sulfonamides is 1. The van der Waals surface area contributed by atoms with Crippen LogP contribution < -0.4 is 9.46 Å². The van der Waals surface area contributed by atoms with Gasteiger partial charge >= 0.3 is 0 Å². The molecule has 3 rings (SSSR count). The Morgan fingerprint density at radius 1 is 1.07 bits per heavy atom. The van der Waals surface area contributed by atoms with Gasteiger partial charge in [-0.25, -0.2) is 13.1 Å². The number of para-hydroxylation sites is 1. The van der Waals surface area contributed by atoms with Crippen LogP contribution in [0.1, 0.15) is 17.0 Å². The molecule has 3 aromatic rings. The number of nitrogens with one attached hydrogen (secondary N) is 1. The van der Waals surface area contributed by atoms with Gasteiger partial charge in [-0.3, -0.25) is 0 Å². The van der Waals surface area contributed by atoms with Gasteiger partial charge in [-0.15, -0.1) is 10.2 Å². The highest BCUT2D eigenvalue weighted by atomic mass is 32.2. The third kappa shape index (κ3) is 4.93. The summed E-state index contributed by atoms with van der Waals surface area (Å²) in [5.74, 6) is 1.27. The minimum absolute atomic E-state index is 0.0596. The van der Waals surface area contributed by atoms with E-state index in [4.69, 9.17) is 9.15 Å². The maximum atomic E-state index is 12.3. The SMILES string of the molecule is COc1ccccc1-c1nnc(CCNS(=O)(=O)Cc2ccccc2C)o1. The van der Waals surface area contributed by atoms with E-state index in [0.29, 0.717) is 29.5 Å². The molecule has 27 heavy (non-hydrogen) atoms. The maximum Gasteiger partial charge on any atom is 0.251 e. The molecule has 0 saturated heterocycles. The molecular weight excluding hydrogens is 366 g/mol. The molecule has 1 aromatic heterocycles. The molecule has 2 aromatic carbocycles. The zero-order valence-corrected chi connectivity index (χ0v) is 16.0. The lowest BCUT2D eigenvalue weighted by Gasteiger charge is -2.08. The number of hydrogen-bond acceptors (Lipinski definition) is 6. The van der Waals surface area contributed by atoms with E-state index >= 15 is 0 Å². The van der Waals surface area contributed by atoms with Crippen molar-refractivity contribution in [2.75, 3.05) is 13.7 Å². The van der Waals surface area contributed by atoms with E-state index in [0.717, 1.165) is 11.1 Å². The van der Waals surface area contributed by atoms with Crippen LogP contribution in [-0.2, 0) is 22.2 Å². The fourth-order valence-corrected chi connectivity index (χ4v) is 3.87. The number of methoxy groups -OCH3 is 1. The Labute approximate surface area is 158 Å². The topological polar surface area (TPSA) is 94.3 Å². The highest BCUT2D eigenvalue weighted by Gasteiger charge is 2.15. The molecule has 0 unspecified atom stereocenters. The molecular formula is C19H21N3O4S. The highest BCUT2D eigenvalue weighted by molar-refractivity contribution is 7.88. The summed E-state index contributed by atoms with van der Waals surface area (Å²) in [5.41, 5.74) is 2.42. The molecule has 0 aliphatic rings. The van der Waals surface area contributed by atoms with Crippen LogP contribution in [0.2, 0.25) is 0 Å². The molecule has 1 N–H and O–H groups in total. The fourth-order valence-electron chi connectivity index (χ4n) is 2.63. The summed E-state index contributed by atoms with van der Waals surface area (Å²) < 4.78 is 38.0. The van der Waals surface area contributed by atoms with Crippen molar-refractivity contribution < 1.29 is 17.6 Å². The number of nitrogens with zero attached hydrogens (tertiary/aromatic N) is 2. The second-order valence-corrected chi connectivity index (χ2v) is 7.84. The number of benzene rings is 2. The van der Waals surface area contributed by atoms with Crippen LogP contribution in [0.15, 0.2) is 52.9 Å². The summed E-state index contributed by atoms with van der Waals surface area (Å²) in [6.45, 7) is 2.07. The third-order valence-corrected chi connectivity index (χ3v) is 5.41. The van der Waals surface area contributed by atoms with Crippen LogP contribution in [0.5, 0.6) is 5.75 Å². The molecule has 7 nitrogen and oxygen atoms in total. The van der Waals surface area contributed by atoms with Crippen molar-refractivity contribution in [1.82, 2.24) is 14.9 Å². The molecule has 0 saturated carbocycles. The van der Waals surface area contributed by atoms with Gasteiger partial charge in [0.25, 0.3) is 5.89 Å². The Kier molecular flexibility index (Phi) is 5.88. The van der Waals surface area contributed by atoms with Crippen LogP contribution in [0, 0.1) is 6.92 Å². The minimum Gasteiger partial charge on any atom is -0.496 e. The highest BCUT2D eigenvalue weighted by Crippen LogP contribution is 2.28. The third-order valence-electron chi connectivity index (χ3n) is 4.07.